The number of rotatable bonds is 59. The van der Waals surface area contributed by atoms with E-state index in [-0.39, 0.29) is 25.9 Å². The van der Waals surface area contributed by atoms with E-state index in [4.69, 9.17) is 23.7 Å². The van der Waals surface area contributed by atoms with Crippen LogP contribution in [0.15, 0.2) is 109 Å². The molecule has 0 spiro atoms. The summed E-state index contributed by atoms with van der Waals surface area (Å²) in [5.74, 6) is -3.23. The van der Waals surface area contributed by atoms with E-state index in [2.05, 4.69) is 112 Å². The van der Waals surface area contributed by atoms with Gasteiger partial charge in [-0.05, 0) is 116 Å². The molecule has 87 heavy (non-hydrogen) atoms. The molecule has 0 amide bonds. The van der Waals surface area contributed by atoms with Gasteiger partial charge in [0, 0.05) is 19.3 Å². The first-order valence-electron chi connectivity index (χ1n) is 34.9. The third-order valence-corrected chi connectivity index (χ3v) is 15.3. The highest BCUT2D eigenvalue weighted by atomic mass is 16.7. The van der Waals surface area contributed by atoms with Gasteiger partial charge in [-0.2, -0.15) is 0 Å². The number of aliphatic hydroxyl groups excluding tert-OH is 2. The SMILES string of the molecule is CC/C=C\C/C=C\C/C=C\C/C=C\C/C=C\C/C=C\CCC(=O)OC1C(OCC(COC(=O)CCCCCCCCCCC/C=C\C/C=C\CCCCC)OC(=O)CCCCCCCCCCC/C=C\CCCCCCCC)OC(C(=O)O)C(O)C1O. The predicted molar refractivity (Wildman–Crippen MR) is 358 cm³/mol. The van der Waals surface area contributed by atoms with Crippen molar-refractivity contribution in [1.82, 2.24) is 0 Å². The minimum atomic E-state index is -1.93. The lowest BCUT2D eigenvalue weighted by Gasteiger charge is -2.40. The molecule has 0 aromatic rings. The lowest BCUT2D eigenvalue weighted by Crippen LogP contribution is -2.61. The zero-order valence-electron chi connectivity index (χ0n) is 55.0. The standard InChI is InChI=1S/C75H124O12/c1-4-7-10-13-16-19-22-25-28-31-34-37-40-43-46-49-52-55-58-61-67(76)83-64-66(85-68(77)62-59-56-53-50-47-44-41-38-35-32-29-26-23-20-17-14-11-8-5-2)65-84-75-73(71(80)70(79)72(87-75)74(81)82)86-69(78)63-60-57-54-51-48-45-42-39-36-33-30-27-24-21-18-15-12-9-6-3/h9,12,16,18-19,21,25-30,36,39,45,48,54,57,66,70-73,75,79-80H,4-8,10-11,13-15,17,20,22-24,31-35,37-38,40-44,46-47,49-53,55-56,58-65H2,1-3H3,(H,81,82)/b12-9-,19-16-,21-18-,28-25-,29-26-,30-27-,39-36-,48-45-,57-54-. The number of hydrogen-bond acceptors (Lipinski definition) is 11. The van der Waals surface area contributed by atoms with Crippen LogP contribution < -0.4 is 0 Å². The predicted octanol–water partition coefficient (Wildman–Crippen LogP) is 19.4. The van der Waals surface area contributed by atoms with E-state index < -0.39 is 67.3 Å². The number of aliphatic hydroxyl groups is 2. The highest BCUT2D eigenvalue weighted by Crippen LogP contribution is 2.26. The zero-order chi connectivity index (χ0) is 63.1. The second-order valence-electron chi connectivity index (χ2n) is 23.4. The topological polar surface area (TPSA) is 175 Å². The minimum absolute atomic E-state index is 0.0690. The quantitative estimate of drug-likeness (QED) is 0.0228. The summed E-state index contributed by atoms with van der Waals surface area (Å²) in [6.07, 6.45) is 71.9. The lowest BCUT2D eigenvalue weighted by molar-refractivity contribution is -0.301. The van der Waals surface area contributed by atoms with Crippen molar-refractivity contribution in [3.63, 3.8) is 0 Å². The third kappa shape index (κ3) is 50.9. The molecule has 0 saturated carbocycles. The van der Waals surface area contributed by atoms with E-state index >= 15 is 0 Å². The lowest BCUT2D eigenvalue weighted by atomic mass is 9.98. The van der Waals surface area contributed by atoms with Gasteiger partial charge in [-0.15, -0.1) is 0 Å². The summed E-state index contributed by atoms with van der Waals surface area (Å²) < 4.78 is 28.5. The molecule has 0 aliphatic carbocycles. The van der Waals surface area contributed by atoms with Gasteiger partial charge >= 0.3 is 23.9 Å². The van der Waals surface area contributed by atoms with Crippen LogP contribution >= 0.6 is 0 Å². The monoisotopic (exact) mass is 1220 g/mol. The van der Waals surface area contributed by atoms with Gasteiger partial charge < -0.3 is 39.0 Å². The molecule has 12 nitrogen and oxygen atoms in total. The summed E-state index contributed by atoms with van der Waals surface area (Å²) in [6, 6.07) is 0. The summed E-state index contributed by atoms with van der Waals surface area (Å²) in [4.78, 5) is 51.5. The average Bonchev–Trinajstić information content (AvgIpc) is 2.60. The normalized spacial score (nSPS) is 18.0. The molecule has 0 aromatic carbocycles. The number of aliphatic carboxylic acids is 1. The van der Waals surface area contributed by atoms with E-state index in [1.54, 1.807) is 0 Å². The number of ether oxygens (including phenoxy) is 5. The smallest absolute Gasteiger partial charge is 0.335 e. The molecule has 0 aromatic heterocycles. The fraction of sp³-hybridized carbons (Fsp3) is 0.707. The molecule has 1 aliphatic rings. The van der Waals surface area contributed by atoms with Crippen LogP contribution in [0.25, 0.3) is 0 Å². The molecule has 6 atom stereocenters. The van der Waals surface area contributed by atoms with Gasteiger partial charge in [-0.25, -0.2) is 4.79 Å². The van der Waals surface area contributed by atoms with Crippen LogP contribution in [0, 0.1) is 0 Å². The highest BCUT2D eigenvalue weighted by Gasteiger charge is 2.50. The molecule has 1 saturated heterocycles. The molecule has 0 radical (unpaired) electrons. The molecular weight excluding hydrogens is 1090 g/mol. The largest absolute Gasteiger partial charge is 0.479 e. The Morgan fingerprint density at radius 3 is 1.18 bits per heavy atom. The Morgan fingerprint density at radius 1 is 0.391 bits per heavy atom. The van der Waals surface area contributed by atoms with Crippen LogP contribution in [-0.4, -0.2) is 89.2 Å². The summed E-state index contributed by atoms with van der Waals surface area (Å²) in [7, 11) is 0. The first-order chi connectivity index (χ1) is 42.6. The molecule has 1 fully saturated rings. The van der Waals surface area contributed by atoms with Crippen LogP contribution in [0.5, 0.6) is 0 Å². The van der Waals surface area contributed by atoms with Crippen molar-refractivity contribution in [2.75, 3.05) is 13.2 Å². The maximum absolute atomic E-state index is 13.2. The zero-order valence-corrected chi connectivity index (χ0v) is 55.0. The molecular formula is C75H124O12. The fourth-order valence-corrected chi connectivity index (χ4v) is 10.0. The van der Waals surface area contributed by atoms with Crippen LogP contribution in [0.2, 0.25) is 0 Å². The second-order valence-corrected chi connectivity index (χ2v) is 23.4. The van der Waals surface area contributed by atoms with Crippen molar-refractivity contribution in [1.29, 1.82) is 0 Å². The fourth-order valence-electron chi connectivity index (χ4n) is 10.0. The summed E-state index contributed by atoms with van der Waals surface area (Å²) >= 11 is 0. The van der Waals surface area contributed by atoms with Gasteiger partial charge in [-0.1, -0.05) is 265 Å². The summed E-state index contributed by atoms with van der Waals surface area (Å²) in [6.45, 7) is 5.85. The van der Waals surface area contributed by atoms with Crippen molar-refractivity contribution >= 4 is 23.9 Å². The van der Waals surface area contributed by atoms with Crippen LogP contribution in [-0.2, 0) is 42.9 Å². The number of esters is 3. The number of carbonyl (C=O) groups is 4. The molecule has 0 bridgehead atoms. The number of carboxylic acids is 1. The van der Waals surface area contributed by atoms with Gasteiger partial charge in [0.05, 0.1) is 6.61 Å². The Labute approximate surface area is 529 Å². The van der Waals surface area contributed by atoms with Crippen LogP contribution in [0.4, 0.5) is 0 Å². The highest BCUT2D eigenvalue weighted by molar-refractivity contribution is 5.74. The van der Waals surface area contributed by atoms with E-state index in [9.17, 15) is 34.5 Å². The van der Waals surface area contributed by atoms with Crippen molar-refractivity contribution < 1.29 is 58.2 Å². The maximum Gasteiger partial charge on any atom is 0.335 e. The van der Waals surface area contributed by atoms with Crippen molar-refractivity contribution in [3.8, 4) is 0 Å². The Balaban J connectivity index is 2.69. The Hall–Kier alpha value is -4.62. The van der Waals surface area contributed by atoms with E-state index in [0.29, 0.717) is 25.7 Å². The Kier molecular flexibility index (Phi) is 56.9. The molecule has 3 N–H and O–H groups in total. The van der Waals surface area contributed by atoms with E-state index in [0.717, 1.165) is 96.3 Å². The molecule has 1 heterocycles. The van der Waals surface area contributed by atoms with Gasteiger partial charge in [0.2, 0.25) is 0 Å². The number of carbonyl (C=O) groups excluding carboxylic acids is 3. The number of hydrogen-bond donors (Lipinski definition) is 3. The van der Waals surface area contributed by atoms with E-state index in [1.165, 1.54) is 128 Å². The van der Waals surface area contributed by atoms with E-state index in [1.807, 2.05) is 18.2 Å². The van der Waals surface area contributed by atoms with Crippen molar-refractivity contribution in [3.05, 3.63) is 109 Å². The minimum Gasteiger partial charge on any atom is -0.479 e. The Morgan fingerprint density at radius 2 is 0.747 bits per heavy atom. The van der Waals surface area contributed by atoms with Crippen LogP contribution in [0.3, 0.4) is 0 Å². The summed E-state index contributed by atoms with van der Waals surface area (Å²) in [5, 5.41) is 31.6. The molecule has 1 aliphatic heterocycles. The van der Waals surface area contributed by atoms with Crippen molar-refractivity contribution in [2.45, 2.75) is 327 Å². The van der Waals surface area contributed by atoms with Crippen molar-refractivity contribution in [2.24, 2.45) is 0 Å². The second kappa shape index (κ2) is 61.6. The first-order valence-corrected chi connectivity index (χ1v) is 34.9. The van der Waals surface area contributed by atoms with Gasteiger partial charge in [-0.3, -0.25) is 14.4 Å². The van der Waals surface area contributed by atoms with Crippen LogP contribution in [0.1, 0.15) is 290 Å². The molecule has 6 unspecified atom stereocenters. The maximum atomic E-state index is 13.2. The molecule has 496 valence electrons. The Bertz CT molecular complexity index is 1930. The van der Waals surface area contributed by atoms with Gasteiger partial charge in [0.25, 0.3) is 0 Å². The summed E-state index contributed by atoms with van der Waals surface area (Å²) in [5.41, 5.74) is 0. The molecule has 1 rings (SSSR count). The third-order valence-electron chi connectivity index (χ3n) is 15.3. The molecule has 12 heteroatoms. The number of allylic oxidation sites excluding steroid dienone is 18. The number of unbranched alkanes of at least 4 members (excludes halogenated alkanes) is 27. The van der Waals surface area contributed by atoms with Gasteiger partial charge in [0.15, 0.2) is 24.6 Å². The average molecular weight is 1220 g/mol. The number of carboxylic acid groups (broad SMARTS) is 1. The van der Waals surface area contributed by atoms with Gasteiger partial charge in [0.1, 0.15) is 18.8 Å². The first kappa shape index (κ1) is 80.4.